The minimum absolute atomic E-state index is 0.0388. The third-order valence-electron chi connectivity index (χ3n) is 5.28. The molecule has 2 heterocycles. The number of carbonyl (C=O) groups excluding carboxylic acids is 3. The highest BCUT2D eigenvalue weighted by Crippen LogP contribution is 2.28. The lowest BCUT2D eigenvalue weighted by atomic mass is 10.1. The van der Waals surface area contributed by atoms with Crippen molar-refractivity contribution in [3.8, 4) is 6.07 Å². The summed E-state index contributed by atoms with van der Waals surface area (Å²) in [6.45, 7) is 5.72. The van der Waals surface area contributed by atoms with Crippen molar-refractivity contribution in [1.82, 2.24) is 9.80 Å². The normalized spacial score (nSPS) is 23.4. The van der Waals surface area contributed by atoms with E-state index in [1.165, 1.54) is 9.80 Å². The molecule has 2 N–H and O–H groups in total. The maximum Gasteiger partial charge on any atom is 0.411 e. The minimum Gasteiger partial charge on any atom is -0.457 e. The summed E-state index contributed by atoms with van der Waals surface area (Å²) < 4.78 is 11.0. The quantitative estimate of drug-likeness (QED) is 0.578. The number of anilines is 1. The second kappa shape index (κ2) is 8.84. The maximum atomic E-state index is 13.2. The van der Waals surface area contributed by atoms with Gasteiger partial charge in [-0.05, 0) is 57.9 Å². The lowest BCUT2D eigenvalue weighted by Gasteiger charge is -2.30. The zero-order chi connectivity index (χ0) is 22.8. The van der Waals surface area contributed by atoms with Crippen LogP contribution in [-0.4, -0.2) is 64.6 Å². The van der Waals surface area contributed by atoms with E-state index in [9.17, 15) is 19.6 Å². The van der Waals surface area contributed by atoms with Crippen molar-refractivity contribution in [1.29, 1.82) is 5.26 Å². The van der Waals surface area contributed by atoms with Crippen LogP contribution in [0.1, 0.15) is 50.4 Å². The van der Waals surface area contributed by atoms with E-state index in [-0.39, 0.29) is 18.9 Å². The fraction of sp³-hybridized carbons (Fsp3) is 0.545. The van der Waals surface area contributed by atoms with Crippen LogP contribution in [0.25, 0.3) is 0 Å². The number of nitriles is 1. The van der Waals surface area contributed by atoms with E-state index in [1.54, 1.807) is 45.0 Å². The molecule has 9 heteroatoms. The molecule has 1 aromatic carbocycles. The van der Waals surface area contributed by atoms with Gasteiger partial charge in [0.15, 0.2) is 0 Å². The highest BCUT2D eigenvalue weighted by Gasteiger charge is 2.46. The molecule has 0 saturated carbocycles. The number of nitrogens with two attached hydrogens (primary N) is 1. The number of rotatable bonds is 3. The van der Waals surface area contributed by atoms with Crippen LogP contribution < -0.4 is 5.73 Å². The first kappa shape index (κ1) is 22.4. The van der Waals surface area contributed by atoms with Crippen molar-refractivity contribution in [3.63, 3.8) is 0 Å². The molecule has 0 aromatic heterocycles. The molecule has 3 atom stereocenters. The molecule has 0 unspecified atom stereocenters. The number of hydrogen-bond acceptors (Lipinski definition) is 7. The van der Waals surface area contributed by atoms with E-state index >= 15 is 0 Å². The van der Waals surface area contributed by atoms with Gasteiger partial charge in [0.25, 0.3) is 0 Å². The molecule has 2 aliphatic rings. The average molecular weight is 428 g/mol. The van der Waals surface area contributed by atoms with Crippen molar-refractivity contribution in [2.24, 2.45) is 0 Å². The lowest BCUT2D eigenvalue weighted by molar-refractivity contribution is -0.136. The van der Waals surface area contributed by atoms with E-state index in [0.717, 1.165) is 6.42 Å². The Morgan fingerprint density at radius 3 is 2.45 bits per heavy atom. The highest BCUT2D eigenvalue weighted by atomic mass is 16.6. The predicted octanol–water partition coefficient (Wildman–Crippen LogP) is 2.32. The summed E-state index contributed by atoms with van der Waals surface area (Å²) in [5.74, 6) is -0.876. The molecule has 166 valence electrons. The Morgan fingerprint density at radius 2 is 1.84 bits per heavy atom. The Labute approximate surface area is 181 Å². The van der Waals surface area contributed by atoms with Gasteiger partial charge < -0.3 is 20.1 Å². The Bertz CT molecular complexity index is 887. The number of carbonyl (C=O) groups is 3. The van der Waals surface area contributed by atoms with Gasteiger partial charge in [-0.25, -0.2) is 9.59 Å². The molecule has 2 saturated heterocycles. The summed E-state index contributed by atoms with van der Waals surface area (Å²) in [6.07, 6.45) is 0.169. The second-order valence-corrected chi connectivity index (χ2v) is 8.85. The standard InChI is InChI=1S/C22H28N4O5/c1-22(2,3)31-21(29)26-13-17(30-20(28)14-6-8-15(24)9-7-14)11-18(26)19(27)25-10-4-5-16(25)12-23/h6-9,16-18H,4-5,10-11,13,24H2,1-3H3/t16-,17-,18-/m0/s1. The van der Waals surface area contributed by atoms with Crippen molar-refractivity contribution in [3.05, 3.63) is 29.8 Å². The molecule has 0 spiro atoms. The van der Waals surface area contributed by atoms with Gasteiger partial charge >= 0.3 is 12.1 Å². The van der Waals surface area contributed by atoms with Gasteiger partial charge in [0.1, 0.15) is 23.8 Å². The molecule has 2 amide bonds. The van der Waals surface area contributed by atoms with Crippen LogP contribution in [0.3, 0.4) is 0 Å². The van der Waals surface area contributed by atoms with Crippen molar-refractivity contribution < 1.29 is 23.9 Å². The van der Waals surface area contributed by atoms with E-state index in [4.69, 9.17) is 15.2 Å². The van der Waals surface area contributed by atoms with Crippen LogP contribution in [0.5, 0.6) is 0 Å². The number of benzene rings is 1. The molecule has 1 aromatic rings. The number of hydrogen-bond donors (Lipinski definition) is 1. The van der Waals surface area contributed by atoms with Crippen molar-refractivity contribution in [2.45, 2.75) is 63.8 Å². The summed E-state index contributed by atoms with van der Waals surface area (Å²) in [5.41, 5.74) is 5.76. The number of nitrogen functional groups attached to an aromatic ring is 1. The second-order valence-electron chi connectivity index (χ2n) is 8.85. The van der Waals surface area contributed by atoms with E-state index in [0.29, 0.717) is 24.2 Å². The molecule has 2 aliphatic heterocycles. The zero-order valence-electron chi connectivity index (χ0n) is 18.0. The third kappa shape index (κ3) is 5.26. The molecule has 31 heavy (non-hydrogen) atoms. The number of esters is 1. The van der Waals surface area contributed by atoms with Crippen LogP contribution in [0.15, 0.2) is 24.3 Å². The Balaban J connectivity index is 1.77. The van der Waals surface area contributed by atoms with Gasteiger partial charge in [0.05, 0.1) is 18.2 Å². The number of amides is 2. The minimum atomic E-state index is -0.854. The zero-order valence-corrected chi connectivity index (χ0v) is 18.0. The van der Waals surface area contributed by atoms with Crippen LogP contribution in [0.2, 0.25) is 0 Å². The van der Waals surface area contributed by atoms with Gasteiger partial charge in [0.2, 0.25) is 5.91 Å². The smallest absolute Gasteiger partial charge is 0.411 e. The van der Waals surface area contributed by atoms with Gasteiger partial charge in [0, 0.05) is 18.7 Å². The van der Waals surface area contributed by atoms with Gasteiger partial charge in [-0.3, -0.25) is 9.69 Å². The summed E-state index contributed by atoms with van der Waals surface area (Å²) in [4.78, 5) is 41.3. The Hall–Kier alpha value is -3.28. The Kier molecular flexibility index (Phi) is 6.39. The summed E-state index contributed by atoms with van der Waals surface area (Å²) in [7, 11) is 0. The van der Waals surface area contributed by atoms with Crippen molar-refractivity contribution >= 4 is 23.7 Å². The molecular weight excluding hydrogens is 400 g/mol. The average Bonchev–Trinajstić information content (AvgIpc) is 3.33. The van der Waals surface area contributed by atoms with E-state index < -0.39 is 35.9 Å². The molecule has 3 rings (SSSR count). The summed E-state index contributed by atoms with van der Waals surface area (Å²) >= 11 is 0. The first-order chi connectivity index (χ1) is 14.6. The molecule has 0 aliphatic carbocycles. The topological polar surface area (TPSA) is 126 Å². The largest absolute Gasteiger partial charge is 0.457 e. The first-order valence-corrected chi connectivity index (χ1v) is 10.4. The van der Waals surface area contributed by atoms with Gasteiger partial charge in [-0.1, -0.05) is 0 Å². The highest BCUT2D eigenvalue weighted by molar-refractivity contribution is 5.90. The lowest BCUT2D eigenvalue weighted by Crippen LogP contribution is -2.50. The number of nitrogens with zero attached hydrogens (tertiary/aromatic N) is 3. The molecular formula is C22H28N4O5. The Morgan fingerprint density at radius 1 is 1.16 bits per heavy atom. The number of likely N-dealkylation sites (tertiary alicyclic amines) is 2. The molecule has 9 nitrogen and oxygen atoms in total. The van der Waals surface area contributed by atoms with Gasteiger partial charge in [-0.2, -0.15) is 5.26 Å². The maximum absolute atomic E-state index is 13.2. The van der Waals surface area contributed by atoms with Crippen molar-refractivity contribution in [2.75, 3.05) is 18.8 Å². The van der Waals surface area contributed by atoms with Crippen LogP contribution in [-0.2, 0) is 14.3 Å². The summed E-state index contributed by atoms with van der Waals surface area (Å²) in [6, 6.07) is 7.09. The van der Waals surface area contributed by atoms with Crippen LogP contribution in [0.4, 0.5) is 10.5 Å². The SMILES string of the molecule is CC(C)(C)OC(=O)N1C[C@@H](OC(=O)c2ccc(N)cc2)C[C@H]1C(=O)N1CCC[C@H]1C#N. The fourth-order valence-corrected chi connectivity index (χ4v) is 3.83. The van der Waals surface area contributed by atoms with E-state index in [1.807, 2.05) is 0 Å². The fourth-order valence-electron chi connectivity index (χ4n) is 3.83. The molecule has 2 fully saturated rings. The molecule has 0 radical (unpaired) electrons. The van der Waals surface area contributed by atoms with Gasteiger partial charge in [-0.15, -0.1) is 0 Å². The number of ether oxygens (including phenoxy) is 2. The predicted molar refractivity (Wildman–Crippen MR) is 112 cm³/mol. The molecule has 0 bridgehead atoms. The van der Waals surface area contributed by atoms with E-state index in [2.05, 4.69) is 6.07 Å². The first-order valence-electron chi connectivity index (χ1n) is 10.4. The monoisotopic (exact) mass is 428 g/mol. The van der Waals surface area contributed by atoms with Crippen LogP contribution in [0, 0.1) is 11.3 Å². The van der Waals surface area contributed by atoms with Crippen LogP contribution >= 0.6 is 0 Å². The third-order valence-corrected chi connectivity index (χ3v) is 5.28. The summed E-state index contributed by atoms with van der Waals surface area (Å²) in [5, 5.41) is 9.35.